The third kappa shape index (κ3) is 1.62. The first-order chi connectivity index (χ1) is 5.27. The Balaban J connectivity index is 2.95. The van der Waals surface area contributed by atoms with E-state index in [0.29, 0.717) is 5.57 Å². The Bertz CT molecular complexity index is 262. The molecule has 0 radical (unpaired) electrons. The highest BCUT2D eigenvalue weighted by Crippen LogP contribution is 2.06. The van der Waals surface area contributed by atoms with Crippen LogP contribution in [0.4, 0.5) is 0 Å². The maximum absolute atomic E-state index is 9.01. The van der Waals surface area contributed by atoms with Crippen molar-refractivity contribution >= 4 is 5.71 Å². The third-order valence-electron chi connectivity index (χ3n) is 1.43. The monoisotopic (exact) mass is 152 g/mol. The molecule has 0 fully saturated rings. The molecule has 0 saturated heterocycles. The van der Waals surface area contributed by atoms with Crippen LogP contribution in [-0.4, -0.2) is 33.4 Å². The molecule has 0 heterocycles. The molecule has 1 aliphatic rings. The van der Waals surface area contributed by atoms with Crippen molar-refractivity contribution in [3.63, 3.8) is 0 Å². The molecule has 58 valence electrons. The lowest BCUT2D eigenvalue weighted by molar-refractivity contribution is -0.00359. The average molecular weight is 152 g/mol. The minimum Gasteiger partial charge on any atom is -0.391 e. The van der Waals surface area contributed by atoms with E-state index in [1.54, 1.807) is 0 Å². The van der Waals surface area contributed by atoms with Crippen molar-refractivity contribution in [3.05, 3.63) is 29.3 Å². The van der Waals surface area contributed by atoms with Crippen LogP contribution in [0.3, 0.4) is 0 Å². The molecule has 11 heavy (non-hydrogen) atoms. The Morgan fingerprint density at radius 1 is 1.64 bits per heavy atom. The average Bonchev–Trinajstić information content (AvgIpc) is 2.04. The van der Waals surface area contributed by atoms with Gasteiger partial charge in [-0.3, -0.25) is 0 Å². The van der Waals surface area contributed by atoms with E-state index in [1.165, 1.54) is 18.2 Å². The lowest BCUT2D eigenvalue weighted by atomic mass is 10.0. The lowest BCUT2D eigenvalue weighted by Crippen LogP contribution is -2.14. The van der Waals surface area contributed by atoms with Gasteiger partial charge in [0.25, 0.3) is 0 Å². The van der Waals surface area contributed by atoms with Crippen molar-refractivity contribution in [2.75, 3.05) is 6.61 Å². The van der Waals surface area contributed by atoms with Crippen molar-refractivity contribution < 1.29 is 15.0 Å². The predicted molar refractivity (Wildman–Crippen MR) is 38.9 cm³/mol. The molecule has 4 nitrogen and oxygen atoms in total. The second kappa shape index (κ2) is 3.25. The molecule has 0 aromatic heterocycles. The van der Waals surface area contributed by atoms with Crippen molar-refractivity contribution in [1.82, 2.24) is 0 Å². The molecule has 0 aromatic carbocycles. The predicted octanol–water partition coefficient (Wildman–Crippen LogP) is -0.493. The van der Waals surface area contributed by atoms with Gasteiger partial charge in [0, 0.05) is 6.08 Å². The Morgan fingerprint density at radius 3 is 2.91 bits per heavy atom. The van der Waals surface area contributed by atoms with Crippen LogP contribution in [0.15, 0.2) is 23.8 Å². The van der Waals surface area contributed by atoms with Crippen molar-refractivity contribution in [1.29, 1.82) is 0 Å². The zero-order chi connectivity index (χ0) is 8.27. The molecule has 1 rings (SSSR count). The molecule has 0 saturated carbocycles. The van der Waals surface area contributed by atoms with Gasteiger partial charge in [-0.05, 0) is 12.2 Å². The molecule has 0 aliphatic heterocycles. The van der Waals surface area contributed by atoms with E-state index in [4.69, 9.17) is 15.7 Å². The molecule has 1 atom stereocenters. The van der Waals surface area contributed by atoms with Gasteiger partial charge in [-0.15, -0.1) is 0 Å². The van der Waals surface area contributed by atoms with Crippen LogP contribution in [-0.2, 0) is 0 Å². The lowest BCUT2D eigenvalue weighted by Gasteiger charge is -2.04. The highest BCUT2D eigenvalue weighted by atomic mass is 16.3. The molecule has 2 N–H and O–H groups in total. The molecule has 0 aromatic rings. The van der Waals surface area contributed by atoms with Gasteiger partial charge in [-0.25, -0.2) is 0 Å². The summed E-state index contributed by atoms with van der Waals surface area (Å²) < 4.78 is 0. The van der Waals surface area contributed by atoms with Crippen LogP contribution in [0.1, 0.15) is 0 Å². The topological polar surface area (TPSA) is 76.9 Å². The van der Waals surface area contributed by atoms with E-state index in [0.717, 1.165) is 0 Å². The highest BCUT2D eigenvalue weighted by molar-refractivity contribution is 6.05. The van der Waals surface area contributed by atoms with Crippen molar-refractivity contribution in [3.8, 4) is 0 Å². The van der Waals surface area contributed by atoms with E-state index in [9.17, 15) is 0 Å². The number of allylic oxidation sites excluding steroid dienone is 1. The Hall–Kier alpha value is -1.22. The fourth-order valence-corrected chi connectivity index (χ4v) is 0.875. The van der Waals surface area contributed by atoms with Gasteiger partial charge >= 0.3 is 5.71 Å². The summed E-state index contributed by atoms with van der Waals surface area (Å²) in [5, 5.41) is 17.7. The first kappa shape index (κ1) is 7.88. The molecular weight excluding hydrogens is 144 g/mol. The summed E-state index contributed by atoms with van der Waals surface area (Å²) in [6.45, 7) is -0.235. The molecule has 4 heteroatoms. The normalized spacial score (nSPS) is 22.9. The fourth-order valence-electron chi connectivity index (χ4n) is 0.875. The number of hydrogen-bond donors (Lipinski definition) is 2. The number of aliphatic hydroxyl groups is 2. The number of aliphatic hydroxyl groups excluding tert-OH is 2. The van der Waals surface area contributed by atoms with E-state index in [2.05, 4.69) is 4.79 Å². The van der Waals surface area contributed by atoms with Gasteiger partial charge in [0.05, 0.1) is 18.3 Å². The quantitative estimate of drug-likeness (QED) is 0.392. The zero-order valence-corrected chi connectivity index (χ0v) is 5.81. The molecule has 0 spiro atoms. The zero-order valence-electron chi connectivity index (χ0n) is 5.81. The maximum Gasteiger partial charge on any atom is 0.320 e. The number of nitrogens with zero attached hydrogens (tertiary/aromatic N) is 2. The van der Waals surface area contributed by atoms with Crippen LogP contribution in [0.5, 0.6) is 0 Å². The minimum atomic E-state index is -0.692. The largest absolute Gasteiger partial charge is 0.391 e. The summed E-state index contributed by atoms with van der Waals surface area (Å²) >= 11 is 0. The van der Waals surface area contributed by atoms with Crippen LogP contribution < -0.4 is 0 Å². The van der Waals surface area contributed by atoms with Gasteiger partial charge in [-0.1, -0.05) is 0 Å². The second-order valence-electron chi connectivity index (χ2n) is 2.18. The standard InChI is InChI=1S/C7H8N2O2/c8-9-7-2-1-6(11)3-5(7)4-10/h1-3,6,10-11H,4H2. The van der Waals surface area contributed by atoms with Crippen LogP contribution in [0.25, 0.3) is 5.53 Å². The molecule has 0 amide bonds. The van der Waals surface area contributed by atoms with Crippen molar-refractivity contribution in [2.45, 2.75) is 6.10 Å². The first-order valence-electron chi connectivity index (χ1n) is 3.18. The fraction of sp³-hybridized carbons (Fsp3) is 0.286. The van der Waals surface area contributed by atoms with Crippen molar-refractivity contribution in [2.24, 2.45) is 0 Å². The highest BCUT2D eigenvalue weighted by Gasteiger charge is 2.16. The van der Waals surface area contributed by atoms with Gasteiger partial charge in [0.1, 0.15) is 0 Å². The number of hydrogen-bond acceptors (Lipinski definition) is 2. The van der Waals surface area contributed by atoms with E-state index in [1.807, 2.05) is 0 Å². The van der Waals surface area contributed by atoms with Gasteiger partial charge < -0.3 is 15.7 Å². The van der Waals surface area contributed by atoms with E-state index >= 15 is 0 Å². The Morgan fingerprint density at radius 2 is 2.36 bits per heavy atom. The summed E-state index contributed by atoms with van der Waals surface area (Å²) in [6.07, 6.45) is 3.65. The molecule has 0 bridgehead atoms. The third-order valence-corrected chi connectivity index (χ3v) is 1.43. The van der Waals surface area contributed by atoms with Crippen LogP contribution in [0.2, 0.25) is 0 Å². The van der Waals surface area contributed by atoms with Crippen LogP contribution >= 0.6 is 0 Å². The maximum atomic E-state index is 9.01. The SMILES string of the molecule is [N-]=[N+]=C1C=CC(O)C=C1CO. The summed E-state index contributed by atoms with van der Waals surface area (Å²) in [6, 6.07) is 0. The van der Waals surface area contributed by atoms with Gasteiger partial charge in [-0.2, -0.15) is 4.79 Å². The summed E-state index contributed by atoms with van der Waals surface area (Å²) in [4.78, 5) is 2.92. The summed E-state index contributed by atoms with van der Waals surface area (Å²) in [7, 11) is 0. The molecule has 1 unspecified atom stereocenters. The smallest absolute Gasteiger partial charge is 0.320 e. The first-order valence-corrected chi connectivity index (χ1v) is 3.18. The molecular formula is C7H8N2O2. The Kier molecular flexibility index (Phi) is 2.33. The van der Waals surface area contributed by atoms with E-state index in [-0.39, 0.29) is 12.3 Å². The van der Waals surface area contributed by atoms with Crippen LogP contribution in [0, 0.1) is 0 Å². The van der Waals surface area contributed by atoms with Gasteiger partial charge in [0.15, 0.2) is 0 Å². The van der Waals surface area contributed by atoms with Gasteiger partial charge in [0.2, 0.25) is 0 Å². The summed E-state index contributed by atoms with van der Waals surface area (Å²) in [5.41, 5.74) is 9.10. The number of rotatable bonds is 1. The molecule has 1 aliphatic carbocycles. The Labute approximate surface area is 63.7 Å². The van der Waals surface area contributed by atoms with E-state index < -0.39 is 6.10 Å². The summed E-state index contributed by atoms with van der Waals surface area (Å²) in [5.74, 6) is 0. The minimum absolute atomic E-state index is 0.235. The second-order valence-corrected chi connectivity index (χ2v) is 2.18.